The van der Waals surface area contributed by atoms with Crippen LogP contribution in [0.15, 0.2) is 24.3 Å². The Morgan fingerprint density at radius 2 is 1.94 bits per heavy atom. The van der Waals surface area contributed by atoms with Gasteiger partial charge in [-0.3, -0.25) is 24.3 Å². The molecular formula is C20H22F2N6O4. The van der Waals surface area contributed by atoms with E-state index in [1.54, 1.807) is 25.6 Å². The number of benzene rings is 1. The third kappa shape index (κ3) is 4.58. The first kappa shape index (κ1) is 22.8. The first-order valence-electron chi connectivity index (χ1n) is 9.59. The van der Waals surface area contributed by atoms with E-state index in [2.05, 4.69) is 15.5 Å². The molecule has 0 bridgehead atoms. The molecule has 2 heterocycles. The molecule has 0 aliphatic carbocycles. The highest BCUT2D eigenvalue weighted by atomic mass is 19.3. The minimum Gasteiger partial charge on any atom is -0.497 e. The van der Waals surface area contributed by atoms with Crippen molar-refractivity contribution in [2.45, 2.75) is 40.3 Å². The molecule has 0 atom stereocenters. The number of hydrogen-bond donors (Lipinski definition) is 1. The molecule has 1 amide bonds. The maximum Gasteiger partial charge on any atom is 0.319 e. The summed E-state index contributed by atoms with van der Waals surface area (Å²) in [5.41, 5.74) is 0.816. The smallest absolute Gasteiger partial charge is 0.319 e. The monoisotopic (exact) mass is 448 g/mol. The molecule has 2 aromatic heterocycles. The lowest BCUT2D eigenvalue weighted by molar-refractivity contribution is -0.386. The lowest BCUT2D eigenvalue weighted by Gasteiger charge is -2.09. The molecule has 3 aromatic rings. The zero-order valence-corrected chi connectivity index (χ0v) is 17.9. The SMILES string of the molecule is COc1cccc(Cn2nc(C)c(NC(=O)Cn3nc(C(F)F)c([N+](=O)[O-])c3C)c2C)c1. The number of ether oxygens (including phenoxy) is 1. The highest BCUT2D eigenvalue weighted by Gasteiger charge is 2.31. The van der Waals surface area contributed by atoms with Gasteiger partial charge in [-0.15, -0.1) is 0 Å². The largest absolute Gasteiger partial charge is 0.497 e. The van der Waals surface area contributed by atoms with Crippen LogP contribution >= 0.6 is 0 Å². The van der Waals surface area contributed by atoms with Crippen molar-refractivity contribution in [3.05, 3.63) is 62.7 Å². The number of nitrogens with zero attached hydrogens (tertiary/aromatic N) is 5. The van der Waals surface area contributed by atoms with Gasteiger partial charge in [0.15, 0.2) is 0 Å². The van der Waals surface area contributed by atoms with E-state index in [1.807, 2.05) is 24.3 Å². The number of alkyl halides is 2. The highest BCUT2D eigenvalue weighted by Crippen LogP contribution is 2.31. The molecule has 12 heteroatoms. The molecule has 170 valence electrons. The van der Waals surface area contributed by atoms with Crippen LogP contribution in [0.3, 0.4) is 0 Å². The number of nitrogens with one attached hydrogen (secondary N) is 1. The number of hydrogen-bond acceptors (Lipinski definition) is 6. The van der Waals surface area contributed by atoms with E-state index in [0.717, 1.165) is 10.2 Å². The Morgan fingerprint density at radius 1 is 1.22 bits per heavy atom. The molecule has 32 heavy (non-hydrogen) atoms. The van der Waals surface area contributed by atoms with Crippen LogP contribution in [0.25, 0.3) is 0 Å². The number of methoxy groups -OCH3 is 1. The second-order valence-corrected chi connectivity index (χ2v) is 7.14. The molecular weight excluding hydrogens is 426 g/mol. The average molecular weight is 448 g/mol. The Morgan fingerprint density at radius 3 is 2.53 bits per heavy atom. The van der Waals surface area contributed by atoms with E-state index >= 15 is 0 Å². The Balaban J connectivity index is 1.79. The van der Waals surface area contributed by atoms with Gasteiger partial charge in [0.1, 0.15) is 18.0 Å². The first-order chi connectivity index (χ1) is 15.1. The number of anilines is 1. The second-order valence-electron chi connectivity index (χ2n) is 7.14. The third-order valence-corrected chi connectivity index (χ3v) is 5.00. The summed E-state index contributed by atoms with van der Waals surface area (Å²) in [4.78, 5) is 22.8. The number of halogens is 2. The van der Waals surface area contributed by atoms with Crippen LogP contribution in [0.2, 0.25) is 0 Å². The van der Waals surface area contributed by atoms with Gasteiger partial charge in [0.05, 0.1) is 35.7 Å². The summed E-state index contributed by atoms with van der Waals surface area (Å²) in [5.74, 6) is 0.142. The Hall–Kier alpha value is -3.83. The van der Waals surface area contributed by atoms with Crippen LogP contribution in [0.4, 0.5) is 20.2 Å². The van der Waals surface area contributed by atoms with Gasteiger partial charge in [-0.2, -0.15) is 10.2 Å². The van der Waals surface area contributed by atoms with Crippen molar-refractivity contribution in [2.24, 2.45) is 0 Å². The molecule has 0 aliphatic rings. The van der Waals surface area contributed by atoms with Gasteiger partial charge < -0.3 is 10.1 Å². The van der Waals surface area contributed by atoms with Crippen molar-refractivity contribution in [1.29, 1.82) is 0 Å². The van der Waals surface area contributed by atoms with Gasteiger partial charge in [0, 0.05) is 0 Å². The quantitative estimate of drug-likeness (QED) is 0.416. The molecule has 1 N–H and O–H groups in total. The zero-order valence-electron chi connectivity index (χ0n) is 17.9. The van der Waals surface area contributed by atoms with Gasteiger partial charge in [0.25, 0.3) is 6.43 Å². The number of amides is 1. The van der Waals surface area contributed by atoms with Crippen LogP contribution < -0.4 is 10.1 Å². The van der Waals surface area contributed by atoms with Gasteiger partial charge in [-0.05, 0) is 38.5 Å². The first-order valence-corrected chi connectivity index (χ1v) is 9.59. The molecule has 10 nitrogen and oxygen atoms in total. The molecule has 3 rings (SSSR count). The van der Waals surface area contributed by atoms with Crippen LogP contribution in [0.5, 0.6) is 5.75 Å². The molecule has 0 saturated carbocycles. The predicted molar refractivity (Wildman–Crippen MR) is 111 cm³/mol. The summed E-state index contributed by atoms with van der Waals surface area (Å²) in [6.45, 7) is 4.77. The summed E-state index contributed by atoms with van der Waals surface area (Å²) in [5, 5.41) is 21.8. The average Bonchev–Trinajstić information content (AvgIpc) is 3.19. The number of carbonyl (C=O) groups excluding carboxylic acids is 1. The van der Waals surface area contributed by atoms with Gasteiger partial charge >= 0.3 is 5.69 Å². The molecule has 0 fully saturated rings. The second kappa shape index (κ2) is 9.12. The number of nitro groups is 1. The van der Waals surface area contributed by atoms with E-state index in [1.165, 1.54) is 6.92 Å². The molecule has 0 aliphatic heterocycles. The van der Waals surface area contributed by atoms with Crippen molar-refractivity contribution in [1.82, 2.24) is 19.6 Å². The Kier molecular flexibility index (Phi) is 6.51. The third-order valence-electron chi connectivity index (χ3n) is 5.00. The highest BCUT2D eigenvalue weighted by molar-refractivity contribution is 5.91. The fourth-order valence-corrected chi connectivity index (χ4v) is 3.38. The van der Waals surface area contributed by atoms with Crippen LogP contribution in [-0.2, 0) is 17.9 Å². The van der Waals surface area contributed by atoms with Gasteiger partial charge in [-0.1, -0.05) is 12.1 Å². The van der Waals surface area contributed by atoms with E-state index in [4.69, 9.17) is 4.74 Å². The number of aryl methyl sites for hydroxylation is 1. The van der Waals surface area contributed by atoms with Gasteiger partial charge in [0.2, 0.25) is 11.6 Å². The number of rotatable bonds is 8. The van der Waals surface area contributed by atoms with Crippen molar-refractivity contribution in [3.8, 4) is 5.75 Å². The van der Waals surface area contributed by atoms with Crippen LogP contribution in [-0.4, -0.2) is 37.5 Å². The predicted octanol–water partition coefficient (Wildman–Crippen LogP) is 3.55. The topological polar surface area (TPSA) is 117 Å². The molecule has 0 radical (unpaired) electrons. The normalized spacial score (nSPS) is 11.1. The maximum atomic E-state index is 13.1. The van der Waals surface area contributed by atoms with Gasteiger partial charge in [-0.25, -0.2) is 8.78 Å². The summed E-state index contributed by atoms with van der Waals surface area (Å²) in [7, 11) is 1.58. The minimum absolute atomic E-state index is 0.123. The molecule has 1 aromatic carbocycles. The zero-order chi connectivity index (χ0) is 23.6. The molecule has 0 unspecified atom stereocenters. The fraction of sp³-hybridized carbons (Fsp3) is 0.350. The standard InChI is InChI=1S/C20H22F2N6O4/c1-11-17(12(2)26(24-11)9-14-6-5-7-15(8-14)32-4)23-16(29)10-27-13(3)19(28(30)31)18(25-27)20(21)22/h5-8,20H,9-10H2,1-4H3,(H,23,29). The lowest BCUT2D eigenvalue weighted by atomic mass is 10.2. The van der Waals surface area contributed by atoms with E-state index in [-0.39, 0.29) is 5.69 Å². The number of carbonyl (C=O) groups is 1. The Bertz CT molecular complexity index is 1170. The summed E-state index contributed by atoms with van der Waals surface area (Å²) in [6.07, 6.45) is -3.13. The van der Waals surface area contributed by atoms with Crippen molar-refractivity contribution < 1.29 is 23.2 Å². The van der Waals surface area contributed by atoms with E-state index < -0.39 is 35.2 Å². The maximum absolute atomic E-state index is 13.1. The summed E-state index contributed by atoms with van der Waals surface area (Å²) in [6, 6.07) is 7.49. The fourth-order valence-electron chi connectivity index (χ4n) is 3.38. The van der Waals surface area contributed by atoms with Crippen molar-refractivity contribution in [2.75, 3.05) is 12.4 Å². The molecule has 0 spiro atoms. The summed E-state index contributed by atoms with van der Waals surface area (Å²) < 4.78 is 34.1. The van der Waals surface area contributed by atoms with Crippen molar-refractivity contribution >= 4 is 17.3 Å². The minimum atomic E-state index is -3.13. The molecule has 0 saturated heterocycles. The lowest BCUT2D eigenvalue weighted by Crippen LogP contribution is -2.21. The Labute approximate surface area is 181 Å². The van der Waals surface area contributed by atoms with Crippen LogP contribution in [0.1, 0.15) is 34.8 Å². The van der Waals surface area contributed by atoms with Crippen molar-refractivity contribution in [3.63, 3.8) is 0 Å². The van der Waals surface area contributed by atoms with E-state index in [0.29, 0.717) is 29.4 Å². The van der Waals surface area contributed by atoms with E-state index in [9.17, 15) is 23.7 Å². The number of aromatic nitrogens is 4. The summed E-state index contributed by atoms with van der Waals surface area (Å²) >= 11 is 0. The van der Waals surface area contributed by atoms with Crippen LogP contribution in [0, 0.1) is 30.9 Å².